The maximum Gasteiger partial charge on any atom is 0.232 e. The van der Waals surface area contributed by atoms with Crippen LogP contribution in [0.2, 0.25) is 0 Å². The number of carbonyl (C=O) groups excluding carboxylic acids is 2. The van der Waals surface area contributed by atoms with Crippen molar-refractivity contribution in [3.8, 4) is 5.88 Å². The van der Waals surface area contributed by atoms with Gasteiger partial charge in [-0.25, -0.2) is 4.98 Å². The Kier molecular flexibility index (Phi) is 4.50. The van der Waals surface area contributed by atoms with E-state index in [0.29, 0.717) is 38.4 Å². The standard InChI is InChI=1S/C15H20N4O3/c20-13-2-1-11(9-18-13)15(21)19-7-3-12(4-8-19)22-14-10-16-5-6-17-14/h5-6,10-12H,1-4,7-9H2,(H,18,20). The van der Waals surface area contributed by atoms with Crippen molar-refractivity contribution in [3.63, 3.8) is 0 Å². The lowest BCUT2D eigenvalue weighted by Gasteiger charge is -2.35. The van der Waals surface area contributed by atoms with E-state index in [4.69, 9.17) is 4.74 Å². The fraction of sp³-hybridized carbons (Fsp3) is 0.600. The largest absolute Gasteiger partial charge is 0.473 e. The zero-order chi connectivity index (χ0) is 15.4. The Morgan fingerprint density at radius 2 is 2.09 bits per heavy atom. The minimum absolute atomic E-state index is 0.0418. The van der Waals surface area contributed by atoms with E-state index in [0.717, 1.165) is 12.8 Å². The van der Waals surface area contributed by atoms with E-state index in [1.165, 1.54) is 0 Å². The molecule has 3 rings (SSSR count). The molecule has 2 saturated heterocycles. The van der Waals surface area contributed by atoms with Gasteiger partial charge in [0.25, 0.3) is 0 Å². The monoisotopic (exact) mass is 304 g/mol. The number of carbonyl (C=O) groups is 2. The number of piperidine rings is 2. The molecule has 0 radical (unpaired) electrons. The molecule has 2 aliphatic rings. The summed E-state index contributed by atoms with van der Waals surface area (Å²) in [6, 6.07) is 0. The molecule has 3 heterocycles. The van der Waals surface area contributed by atoms with Gasteiger partial charge in [0.1, 0.15) is 6.10 Å². The minimum Gasteiger partial charge on any atom is -0.473 e. The Labute approximate surface area is 129 Å². The van der Waals surface area contributed by atoms with Crippen molar-refractivity contribution in [1.82, 2.24) is 20.2 Å². The molecule has 2 fully saturated rings. The van der Waals surface area contributed by atoms with Gasteiger partial charge in [0.15, 0.2) is 0 Å². The van der Waals surface area contributed by atoms with Gasteiger partial charge in [-0.05, 0) is 6.42 Å². The number of amides is 2. The van der Waals surface area contributed by atoms with Crippen LogP contribution in [0.4, 0.5) is 0 Å². The third kappa shape index (κ3) is 3.52. The van der Waals surface area contributed by atoms with E-state index in [1.54, 1.807) is 18.6 Å². The molecular weight excluding hydrogens is 284 g/mol. The summed E-state index contributed by atoms with van der Waals surface area (Å²) in [6.45, 7) is 1.84. The highest BCUT2D eigenvalue weighted by atomic mass is 16.5. The van der Waals surface area contributed by atoms with Gasteiger partial charge in [-0.1, -0.05) is 0 Å². The number of hydrogen-bond acceptors (Lipinski definition) is 5. The van der Waals surface area contributed by atoms with Crippen molar-refractivity contribution in [2.45, 2.75) is 31.8 Å². The summed E-state index contributed by atoms with van der Waals surface area (Å²) >= 11 is 0. The fourth-order valence-corrected chi connectivity index (χ4v) is 2.91. The molecule has 7 heteroatoms. The van der Waals surface area contributed by atoms with Crippen molar-refractivity contribution in [3.05, 3.63) is 18.6 Å². The zero-order valence-corrected chi connectivity index (χ0v) is 12.4. The molecule has 1 aromatic heterocycles. The summed E-state index contributed by atoms with van der Waals surface area (Å²) in [4.78, 5) is 33.6. The molecule has 1 N–H and O–H groups in total. The van der Waals surface area contributed by atoms with Gasteiger partial charge in [-0.3, -0.25) is 14.6 Å². The van der Waals surface area contributed by atoms with E-state index in [9.17, 15) is 9.59 Å². The summed E-state index contributed by atoms with van der Waals surface area (Å²) < 4.78 is 5.77. The van der Waals surface area contributed by atoms with Gasteiger partial charge < -0.3 is 15.0 Å². The number of hydrogen-bond donors (Lipinski definition) is 1. The number of nitrogens with zero attached hydrogens (tertiary/aromatic N) is 3. The van der Waals surface area contributed by atoms with Crippen molar-refractivity contribution in [2.75, 3.05) is 19.6 Å². The van der Waals surface area contributed by atoms with Crippen LogP contribution < -0.4 is 10.1 Å². The second kappa shape index (κ2) is 6.72. The second-order valence-electron chi connectivity index (χ2n) is 5.73. The summed E-state index contributed by atoms with van der Waals surface area (Å²) in [6.07, 6.45) is 7.57. The lowest BCUT2D eigenvalue weighted by molar-refractivity contribution is -0.139. The molecule has 2 amide bonds. The zero-order valence-electron chi connectivity index (χ0n) is 12.4. The number of nitrogens with one attached hydrogen (secondary N) is 1. The molecule has 0 saturated carbocycles. The van der Waals surface area contributed by atoms with E-state index >= 15 is 0 Å². The van der Waals surface area contributed by atoms with Crippen molar-refractivity contribution >= 4 is 11.8 Å². The highest BCUT2D eigenvalue weighted by molar-refractivity contribution is 5.83. The molecular formula is C15H20N4O3. The van der Waals surface area contributed by atoms with Crippen LogP contribution in [-0.2, 0) is 9.59 Å². The normalized spacial score (nSPS) is 23.0. The first-order valence-electron chi connectivity index (χ1n) is 7.70. The third-order valence-electron chi connectivity index (χ3n) is 4.20. The average Bonchev–Trinajstić information content (AvgIpc) is 2.57. The van der Waals surface area contributed by atoms with Gasteiger partial charge in [-0.15, -0.1) is 0 Å². The van der Waals surface area contributed by atoms with Gasteiger partial charge in [0, 0.05) is 51.3 Å². The van der Waals surface area contributed by atoms with Crippen LogP contribution in [-0.4, -0.2) is 52.4 Å². The molecule has 22 heavy (non-hydrogen) atoms. The Morgan fingerprint density at radius 1 is 1.27 bits per heavy atom. The Balaban J connectivity index is 1.47. The Bertz CT molecular complexity index is 519. The lowest BCUT2D eigenvalue weighted by Crippen LogP contribution is -2.48. The highest BCUT2D eigenvalue weighted by Crippen LogP contribution is 2.20. The highest BCUT2D eigenvalue weighted by Gasteiger charge is 2.31. The van der Waals surface area contributed by atoms with Gasteiger partial charge in [0.2, 0.25) is 17.7 Å². The quantitative estimate of drug-likeness (QED) is 0.872. The molecule has 2 aliphatic heterocycles. The Morgan fingerprint density at radius 3 is 2.73 bits per heavy atom. The van der Waals surface area contributed by atoms with Crippen molar-refractivity contribution in [2.24, 2.45) is 5.92 Å². The SMILES string of the molecule is O=C1CCC(C(=O)N2CCC(Oc3cnccn3)CC2)CN1. The van der Waals surface area contributed by atoms with Gasteiger partial charge in [0.05, 0.1) is 12.1 Å². The molecule has 118 valence electrons. The third-order valence-corrected chi connectivity index (χ3v) is 4.20. The molecule has 0 spiro atoms. The van der Waals surface area contributed by atoms with Crippen LogP contribution in [0.3, 0.4) is 0 Å². The van der Waals surface area contributed by atoms with Crippen LogP contribution in [0.25, 0.3) is 0 Å². The van der Waals surface area contributed by atoms with E-state index in [2.05, 4.69) is 15.3 Å². The molecule has 0 aromatic carbocycles. The maximum absolute atomic E-state index is 12.4. The number of rotatable bonds is 3. The first-order chi connectivity index (χ1) is 10.7. The number of aromatic nitrogens is 2. The predicted octanol–water partition coefficient (Wildman–Crippen LogP) is 0.373. The smallest absolute Gasteiger partial charge is 0.232 e. The van der Waals surface area contributed by atoms with Crippen molar-refractivity contribution in [1.29, 1.82) is 0 Å². The fourth-order valence-electron chi connectivity index (χ4n) is 2.91. The molecule has 0 aliphatic carbocycles. The molecule has 1 atom stereocenters. The van der Waals surface area contributed by atoms with E-state index in [-0.39, 0.29) is 23.8 Å². The summed E-state index contributed by atoms with van der Waals surface area (Å²) in [5.74, 6) is 0.649. The number of likely N-dealkylation sites (tertiary alicyclic amines) is 1. The number of ether oxygens (including phenoxy) is 1. The van der Waals surface area contributed by atoms with Crippen LogP contribution >= 0.6 is 0 Å². The second-order valence-corrected chi connectivity index (χ2v) is 5.73. The van der Waals surface area contributed by atoms with E-state index < -0.39 is 0 Å². The molecule has 1 aromatic rings. The van der Waals surface area contributed by atoms with Gasteiger partial charge in [-0.2, -0.15) is 0 Å². The lowest BCUT2D eigenvalue weighted by atomic mass is 9.96. The average molecular weight is 304 g/mol. The molecule has 0 bridgehead atoms. The molecule has 7 nitrogen and oxygen atoms in total. The first-order valence-corrected chi connectivity index (χ1v) is 7.70. The van der Waals surface area contributed by atoms with Crippen LogP contribution in [0.1, 0.15) is 25.7 Å². The van der Waals surface area contributed by atoms with Crippen molar-refractivity contribution < 1.29 is 14.3 Å². The Hall–Kier alpha value is -2.18. The topological polar surface area (TPSA) is 84.4 Å². The molecule has 1 unspecified atom stereocenters. The first kappa shape index (κ1) is 14.7. The minimum atomic E-state index is -0.0739. The summed E-state index contributed by atoms with van der Waals surface area (Å²) in [5.41, 5.74) is 0. The predicted molar refractivity (Wildman–Crippen MR) is 78.0 cm³/mol. The summed E-state index contributed by atoms with van der Waals surface area (Å²) in [5, 5.41) is 2.77. The van der Waals surface area contributed by atoms with Crippen LogP contribution in [0.5, 0.6) is 5.88 Å². The van der Waals surface area contributed by atoms with Crippen LogP contribution in [0.15, 0.2) is 18.6 Å². The van der Waals surface area contributed by atoms with Gasteiger partial charge >= 0.3 is 0 Å². The van der Waals surface area contributed by atoms with E-state index in [1.807, 2.05) is 4.90 Å². The maximum atomic E-state index is 12.4. The summed E-state index contributed by atoms with van der Waals surface area (Å²) in [7, 11) is 0. The van der Waals surface area contributed by atoms with Crippen LogP contribution in [0, 0.1) is 5.92 Å².